The summed E-state index contributed by atoms with van der Waals surface area (Å²) in [6, 6.07) is 8.20. The minimum atomic E-state index is -0.00870. The molecule has 0 N–H and O–H groups in total. The van der Waals surface area contributed by atoms with Crippen LogP contribution >= 0.6 is 27.7 Å². The molecule has 2 aliphatic rings. The maximum atomic E-state index is 12.6. The third-order valence-electron chi connectivity index (χ3n) is 5.99. The lowest BCUT2D eigenvalue weighted by molar-refractivity contribution is -0.116. The molecule has 4 heteroatoms. The summed E-state index contributed by atoms with van der Waals surface area (Å²) in [4.78, 5) is 14.6. The molecular weight excluding hydrogens is 370 g/mol. The highest BCUT2D eigenvalue weighted by atomic mass is 79.9. The Morgan fingerprint density at radius 1 is 1.26 bits per heavy atom. The van der Waals surface area contributed by atoms with E-state index in [9.17, 15) is 4.79 Å². The number of amides is 1. The van der Waals surface area contributed by atoms with Crippen LogP contribution in [0.1, 0.15) is 52.9 Å². The van der Waals surface area contributed by atoms with Crippen molar-refractivity contribution in [1.29, 1.82) is 0 Å². The smallest absolute Gasteiger partial charge is 0.238 e. The summed E-state index contributed by atoms with van der Waals surface area (Å²) in [6.07, 6.45) is 5.93. The van der Waals surface area contributed by atoms with E-state index in [2.05, 4.69) is 53.7 Å². The van der Waals surface area contributed by atoms with Gasteiger partial charge < -0.3 is 0 Å². The Morgan fingerprint density at radius 3 is 2.43 bits per heavy atom. The van der Waals surface area contributed by atoms with Crippen LogP contribution < -0.4 is 4.90 Å². The van der Waals surface area contributed by atoms with Crippen molar-refractivity contribution in [2.45, 2.75) is 57.7 Å². The maximum absolute atomic E-state index is 12.6. The Kier molecular flexibility index (Phi) is 4.85. The van der Waals surface area contributed by atoms with Crippen LogP contribution in [0, 0.1) is 11.3 Å². The number of hydrogen-bond donors (Lipinski definition) is 0. The maximum Gasteiger partial charge on any atom is 0.238 e. The summed E-state index contributed by atoms with van der Waals surface area (Å²) >= 11 is 5.35. The number of hydrogen-bond acceptors (Lipinski definition) is 2. The van der Waals surface area contributed by atoms with Crippen LogP contribution in [0.5, 0.6) is 0 Å². The first-order chi connectivity index (χ1) is 10.9. The molecule has 2 nitrogen and oxygen atoms in total. The van der Waals surface area contributed by atoms with E-state index in [1.807, 2.05) is 23.9 Å². The zero-order chi connectivity index (χ0) is 16.7. The van der Waals surface area contributed by atoms with E-state index in [1.165, 1.54) is 19.3 Å². The Bertz CT molecular complexity index is 576. The van der Waals surface area contributed by atoms with E-state index in [4.69, 9.17) is 0 Å². The van der Waals surface area contributed by atoms with Gasteiger partial charge >= 0.3 is 0 Å². The summed E-state index contributed by atoms with van der Waals surface area (Å²) in [5.41, 5.74) is 1.47. The number of anilines is 1. The molecule has 1 spiro atoms. The van der Waals surface area contributed by atoms with Gasteiger partial charge in [0.2, 0.25) is 5.91 Å². The van der Waals surface area contributed by atoms with E-state index in [0.29, 0.717) is 11.2 Å². The molecule has 1 aromatic carbocycles. The molecule has 0 radical (unpaired) electrons. The quantitative estimate of drug-likeness (QED) is 0.639. The van der Waals surface area contributed by atoms with Crippen molar-refractivity contribution in [3.05, 3.63) is 28.7 Å². The van der Waals surface area contributed by atoms with Gasteiger partial charge in [-0.3, -0.25) is 9.69 Å². The number of rotatable bonds is 3. The Morgan fingerprint density at radius 2 is 1.87 bits per heavy atom. The van der Waals surface area contributed by atoms with Gasteiger partial charge in [-0.2, -0.15) is 0 Å². The van der Waals surface area contributed by atoms with Crippen LogP contribution in [0.25, 0.3) is 0 Å². The van der Waals surface area contributed by atoms with Gasteiger partial charge in [-0.15, -0.1) is 11.8 Å². The monoisotopic (exact) mass is 395 g/mol. The molecule has 1 amide bonds. The second-order valence-electron chi connectivity index (χ2n) is 7.56. The van der Waals surface area contributed by atoms with Gasteiger partial charge in [-0.1, -0.05) is 43.1 Å². The first-order valence-corrected chi connectivity index (χ1v) is 10.4. The molecule has 0 unspecified atom stereocenters. The molecule has 3 rings (SSSR count). The van der Waals surface area contributed by atoms with Crippen LogP contribution in [0.4, 0.5) is 5.69 Å². The molecule has 1 aromatic rings. The molecule has 0 aromatic heterocycles. The Labute approximate surface area is 152 Å². The van der Waals surface area contributed by atoms with E-state index < -0.39 is 0 Å². The summed E-state index contributed by atoms with van der Waals surface area (Å²) in [5, 5.41) is 0. The Hall–Kier alpha value is -0.480. The van der Waals surface area contributed by atoms with Gasteiger partial charge in [0.15, 0.2) is 0 Å². The van der Waals surface area contributed by atoms with Crippen LogP contribution in [-0.4, -0.2) is 16.5 Å². The molecule has 1 saturated carbocycles. The first kappa shape index (κ1) is 17.3. The van der Waals surface area contributed by atoms with Gasteiger partial charge in [0.05, 0.1) is 10.6 Å². The molecule has 126 valence electrons. The normalized spacial score (nSPS) is 28.6. The minimum Gasteiger partial charge on any atom is -0.297 e. The summed E-state index contributed by atoms with van der Waals surface area (Å²) in [5.74, 6) is 1.67. The van der Waals surface area contributed by atoms with Crippen LogP contribution in [-0.2, 0) is 4.79 Å². The highest BCUT2D eigenvalue weighted by Crippen LogP contribution is 2.53. The van der Waals surface area contributed by atoms with Gasteiger partial charge in [0, 0.05) is 10.2 Å². The zero-order valence-electron chi connectivity index (χ0n) is 14.3. The van der Waals surface area contributed by atoms with Gasteiger partial charge in [0.1, 0.15) is 0 Å². The topological polar surface area (TPSA) is 20.3 Å². The number of thioether (sulfide) groups is 1. The fourth-order valence-corrected chi connectivity index (χ4v) is 5.68. The lowest BCUT2D eigenvalue weighted by Crippen LogP contribution is -2.48. The molecule has 1 heterocycles. The van der Waals surface area contributed by atoms with E-state index >= 15 is 0 Å². The van der Waals surface area contributed by atoms with Gasteiger partial charge in [-0.25, -0.2) is 0 Å². The average molecular weight is 396 g/mol. The molecule has 0 atom stereocenters. The van der Waals surface area contributed by atoms with Crippen molar-refractivity contribution >= 4 is 39.3 Å². The molecule has 1 aliphatic heterocycles. The molecular formula is C19H26BrNOS. The average Bonchev–Trinajstić information content (AvgIpc) is 2.85. The van der Waals surface area contributed by atoms with Gasteiger partial charge in [-0.05, 0) is 61.3 Å². The highest BCUT2D eigenvalue weighted by molar-refractivity contribution is 9.10. The van der Waals surface area contributed by atoms with Crippen LogP contribution in [0.3, 0.4) is 0 Å². The van der Waals surface area contributed by atoms with E-state index in [-0.39, 0.29) is 10.8 Å². The van der Waals surface area contributed by atoms with Crippen LogP contribution in [0.15, 0.2) is 28.7 Å². The third kappa shape index (κ3) is 3.21. The molecule has 2 fully saturated rings. The third-order valence-corrected chi connectivity index (χ3v) is 8.04. The van der Waals surface area contributed by atoms with E-state index in [0.717, 1.165) is 28.9 Å². The predicted octanol–water partition coefficient (Wildman–Crippen LogP) is 5.85. The second-order valence-corrected chi connectivity index (χ2v) is 9.81. The van der Waals surface area contributed by atoms with Crippen molar-refractivity contribution in [2.75, 3.05) is 10.7 Å². The lowest BCUT2D eigenvalue weighted by Gasteiger charge is -2.46. The van der Waals surface area contributed by atoms with Crippen LogP contribution in [0.2, 0.25) is 0 Å². The molecule has 1 aliphatic carbocycles. The fraction of sp³-hybridized carbons (Fsp3) is 0.632. The largest absolute Gasteiger partial charge is 0.297 e. The number of halogens is 1. The zero-order valence-corrected chi connectivity index (χ0v) is 16.7. The van der Waals surface area contributed by atoms with Crippen molar-refractivity contribution in [1.82, 2.24) is 0 Å². The molecule has 0 bridgehead atoms. The molecule has 23 heavy (non-hydrogen) atoms. The van der Waals surface area contributed by atoms with Crippen molar-refractivity contribution in [2.24, 2.45) is 11.3 Å². The Balaban J connectivity index is 1.82. The van der Waals surface area contributed by atoms with Gasteiger partial charge in [0.25, 0.3) is 0 Å². The summed E-state index contributed by atoms with van der Waals surface area (Å²) < 4.78 is 1.06. The summed E-state index contributed by atoms with van der Waals surface area (Å²) in [6.45, 7) is 7.09. The van der Waals surface area contributed by atoms with Crippen molar-refractivity contribution in [3.8, 4) is 0 Å². The number of nitrogens with zero attached hydrogens (tertiary/aromatic N) is 1. The fourth-order valence-electron chi connectivity index (χ4n) is 4.03. The van der Waals surface area contributed by atoms with E-state index in [1.54, 1.807) is 0 Å². The van der Waals surface area contributed by atoms with Crippen molar-refractivity contribution in [3.63, 3.8) is 0 Å². The highest BCUT2D eigenvalue weighted by Gasteiger charge is 2.50. The SMILES string of the molecule is CCC(C)(C)C1CCC2(CC1)SCC(=O)N2c1ccc(Br)cc1. The number of carbonyl (C=O) groups excluding carboxylic acids is 1. The standard InChI is InChI=1S/C19H26BrNOS/c1-4-18(2,3)14-9-11-19(12-10-14)21(17(22)13-23-19)16-7-5-15(20)6-8-16/h5-8,14H,4,9-13H2,1-3H3. The second kappa shape index (κ2) is 6.44. The number of benzene rings is 1. The molecule has 1 saturated heterocycles. The lowest BCUT2D eigenvalue weighted by atomic mass is 9.68. The minimum absolute atomic E-state index is 0.00870. The van der Waals surface area contributed by atoms with Crippen molar-refractivity contribution < 1.29 is 4.79 Å². The summed E-state index contributed by atoms with van der Waals surface area (Å²) in [7, 11) is 0. The number of carbonyl (C=O) groups is 1. The first-order valence-electron chi connectivity index (χ1n) is 8.60. The predicted molar refractivity (Wildman–Crippen MR) is 103 cm³/mol.